The van der Waals surface area contributed by atoms with E-state index in [1.807, 2.05) is 0 Å². The van der Waals surface area contributed by atoms with Crippen molar-refractivity contribution in [2.24, 2.45) is 0 Å². The van der Waals surface area contributed by atoms with Gasteiger partial charge in [-0.3, -0.25) is 4.79 Å². The van der Waals surface area contributed by atoms with E-state index in [-0.39, 0.29) is 34.0 Å². The number of aromatic hydroxyl groups is 1. The van der Waals surface area contributed by atoms with Gasteiger partial charge in [-0.05, 0) is 24.3 Å². The molecule has 5 atom stereocenters. The largest absolute Gasteiger partial charge is 0.504 e. The van der Waals surface area contributed by atoms with Crippen molar-refractivity contribution in [1.82, 2.24) is 0 Å². The van der Waals surface area contributed by atoms with Gasteiger partial charge >= 0.3 is 5.97 Å². The van der Waals surface area contributed by atoms with Crippen LogP contribution < -0.4 is 19.6 Å². The number of carbonyl (C=O) groups is 1. The molecule has 1 aromatic heterocycles. The highest BCUT2D eigenvalue weighted by molar-refractivity contribution is 5.89. The normalized spacial score (nSPS) is 24.2. The van der Waals surface area contributed by atoms with E-state index in [1.54, 1.807) is 0 Å². The predicted octanol–water partition coefficient (Wildman–Crippen LogP) is 0.454. The average molecular weight is 490 g/mol. The van der Waals surface area contributed by atoms with Gasteiger partial charge in [0.15, 0.2) is 23.0 Å². The van der Waals surface area contributed by atoms with Crippen LogP contribution in [0.4, 0.5) is 0 Å². The summed E-state index contributed by atoms with van der Waals surface area (Å²) in [5.41, 5.74) is -0.00502. The molecule has 12 nitrogen and oxygen atoms in total. The first-order valence-electron chi connectivity index (χ1n) is 10.3. The number of aliphatic hydroxyl groups is 3. The lowest BCUT2D eigenvalue weighted by Crippen LogP contribution is -2.61. The molecule has 4 rings (SSSR count). The van der Waals surface area contributed by atoms with Crippen LogP contribution in [0.1, 0.15) is 0 Å². The summed E-state index contributed by atoms with van der Waals surface area (Å²) in [6.07, 6.45) is -8.70. The summed E-state index contributed by atoms with van der Waals surface area (Å²) < 4.78 is 26.6. The first-order valence-corrected chi connectivity index (χ1v) is 10.3. The maximum absolute atomic E-state index is 12.7. The first kappa shape index (κ1) is 24.3. The van der Waals surface area contributed by atoms with Crippen molar-refractivity contribution in [2.75, 3.05) is 14.2 Å². The lowest BCUT2D eigenvalue weighted by molar-refractivity contribution is -0.271. The second-order valence-electron chi connectivity index (χ2n) is 7.69. The number of fused-ring (bicyclic) bond motifs is 1. The Balaban J connectivity index is 1.62. The summed E-state index contributed by atoms with van der Waals surface area (Å²) in [6, 6.07) is 8.53. The van der Waals surface area contributed by atoms with E-state index in [0.29, 0.717) is 5.56 Å². The quantitative estimate of drug-likeness (QED) is 0.322. The SMILES string of the molecule is COc1cc2oc(-c3ccc(O[C@@H]4OC(C(=O)O)[C@@H](O)C(O)C4O)cc3)cc(=O)c2c(O)c1OC. The number of aliphatic carboxylic acids is 1. The lowest BCUT2D eigenvalue weighted by atomic mass is 9.99. The molecule has 3 unspecified atom stereocenters. The zero-order valence-corrected chi connectivity index (χ0v) is 18.4. The summed E-state index contributed by atoms with van der Waals surface area (Å²) in [7, 11) is 2.69. The Labute approximate surface area is 197 Å². The Hall–Kier alpha value is -3.84. The van der Waals surface area contributed by atoms with E-state index in [1.165, 1.54) is 50.6 Å². The number of phenols is 1. The van der Waals surface area contributed by atoms with Crippen LogP contribution in [0.3, 0.4) is 0 Å². The fourth-order valence-corrected chi connectivity index (χ4v) is 3.73. The second kappa shape index (κ2) is 9.43. The number of benzene rings is 2. The Bertz CT molecular complexity index is 1300. The number of aliphatic hydroxyl groups excluding tert-OH is 3. The molecule has 35 heavy (non-hydrogen) atoms. The monoisotopic (exact) mass is 490 g/mol. The van der Waals surface area contributed by atoms with E-state index in [4.69, 9.17) is 28.5 Å². The second-order valence-corrected chi connectivity index (χ2v) is 7.69. The molecular formula is C23H22O12. The molecule has 2 heterocycles. The molecule has 186 valence electrons. The van der Waals surface area contributed by atoms with Gasteiger partial charge in [-0.1, -0.05) is 0 Å². The molecule has 1 fully saturated rings. The minimum absolute atomic E-state index is 0.00329. The van der Waals surface area contributed by atoms with Crippen molar-refractivity contribution in [3.8, 4) is 34.3 Å². The van der Waals surface area contributed by atoms with Crippen molar-refractivity contribution in [1.29, 1.82) is 0 Å². The number of phenolic OH excluding ortho intramolecular Hbond substituents is 1. The van der Waals surface area contributed by atoms with Crippen LogP contribution in [-0.4, -0.2) is 76.4 Å². The number of hydrogen-bond donors (Lipinski definition) is 5. The van der Waals surface area contributed by atoms with E-state index in [9.17, 15) is 30.0 Å². The molecule has 0 amide bonds. The third-order valence-electron chi connectivity index (χ3n) is 5.54. The highest BCUT2D eigenvalue weighted by Crippen LogP contribution is 2.42. The van der Waals surface area contributed by atoms with Crippen molar-refractivity contribution < 1.29 is 53.7 Å². The highest BCUT2D eigenvalue weighted by atomic mass is 16.7. The molecule has 5 N–H and O–H groups in total. The Morgan fingerprint density at radius 1 is 0.971 bits per heavy atom. The van der Waals surface area contributed by atoms with E-state index in [0.717, 1.165) is 0 Å². The van der Waals surface area contributed by atoms with Gasteiger partial charge in [0.25, 0.3) is 0 Å². The molecule has 1 aliphatic heterocycles. The third kappa shape index (κ3) is 4.35. The van der Waals surface area contributed by atoms with E-state index >= 15 is 0 Å². The lowest BCUT2D eigenvalue weighted by Gasteiger charge is -2.38. The van der Waals surface area contributed by atoms with Gasteiger partial charge in [-0.25, -0.2) is 4.79 Å². The molecule has 0 spiro atoms. The topological polar surface area (TPSA) is 185 Å². The van der Waals surface area contributed by atoms with Crippen LogP contribution in [0.15, 0.2) is 45.6 Å². The molecule has 1 saturated heterocycles. The number of hydrogen-bond acceptors (Lipinski definition) is 11. The minimum Gasteiger partial charge on any atom is -0.504 e. The van der Waals surface area contributed by atoms with Crippen LogP contribution in [0.2, 0.25) is 0 Å². The molecule has 0 radical (unpaired) electrons. The van der Waals surface area contributed by atoms with Gasteiger partial charge in [0, 0.05) is 17.7 Å². The molecule has 0 saturated carbocycles. The number of carboxylic acid groups (broad SMARTS) is 1. The summed E-state index contributed by atoms with van der Waals surface area (Å²) in [6.45, 7) is 0. The van der Waals surface area contributed by atoms with Crippen molar-refractivity contribution >= 4 is 16.9 Å². The van der Waals surface area contributed by atoms with Gasteiger partial charge in [0.05, 0.1) is 14.2 Å². The third-order valence-corrected chi connectivity index (χ3v) is 5.54. The van der Waals surface area contributed by atoms with Crippen LogP contribution >= 0.6 is 0 Å². The summed E-state index contributed by atoms with van der Waals surface area (Å²) in [4.78, 5) is 23.9. The first-order chi connectivity index (χ1) is 16.7. The molecule has 0 aliphatic carbocycles. The van der Waals surface area contributed by atoms with Crippen molar-refractivity contribution in [3.63, 3.8) is 0 Å². The van der Waals surface area contributed by atoms with E-state index in [2.05, 4.69) is 0 Å². The number of carboxylic acids is 1. The molecule has 0 bridgehead atoms. The fourth-order valence-electron chi connectivity index (χ4n) is 3.73. The summed E-state index contributed by atoms with van der Waals surface area (Å²) >= 11 is 0. The van der Waals surface area contributed by atoms with E-state index < -0.39 is 47.9 Å². The predicted molar refractivity (Wildman–Crippen MR) is 118 cm³/mol. The zero-order valence-electron chi connectivity index (χ0n) is 18.4. The highest BCUT2D eigenvalue weighted by Gasteiger charge is 2.48. The summed E-state index contributed by atoms with van der Waals surface area (Å²) in [5.74, 6) is -1.48. The van der Waals surface area contributed by atoms with Crippen molar-refractivity contribution in [2.45, 2.75) is 30.7 Å². The molecule has 1 aliphatic rings. The zero-order chi connectivity index (χ0) is 25.4. The van der Waals surface area contributed by atoms with Gasteiger partial charge in [0.1, 0.15) is 40.8 Å². The number of ether oxygens (including phenoxy) is 4. The Kier molecular flexibility index (Phi) is 6.54. The van der Waals surface area contributed by atoms with Gasteiger partial charge < -0.3 is 48.9 Å². The molecule has 3 aromatic rings. The fraction of sp³-hybridized carbons (Fsp3) is 0.304. The Morgan fingerprint density at radius 2 is 1.66 bits per heavy atom. The smallest absolute Gasteiger partial charge is 0.335 e. The Morgan fingerprint density at radius 3 is 2.26 bits per heavy atom. The number of methoxy groups -OCH3 is 2. The molecule has 2 aromatic carbocycles. The summed E-state index contributed by atoms with van der Waals surface area (Å²) in [5, 5.41) is 49.2. The maximum atomic E-state index is 12.7. The maximum Gasteiger partial charge on any atom is 0.335 e. The van der Waals surface area contributed by atoms with Gasteiger partial charge in [-0.15, -0.1) is 0 Å². The van der Waals surface area contributed by atoms with Crippen molar-refractivity contribution in [3.05, 3.63) is 46.6 Å². The standard InChI is InChI=1S/C23H22O12/c1-31-14-8-13-15(16(25)20(14)32-2)11(24)7-12(34-13)9-3-5-10(6-4-9)33-23-19(28)17(26)18(27)21(35-23)22(29)30/h3-8,17-19,21,23,25-28H,1-2H3,(H,29,30)/t17?,18-,19?,21?,23+/m0/s1. The molecular weight excluding hydrogens is 468 g/mol. The average Bonchev–Trinajstić information content (AvgIpc) is 2.83. The van der Waals surface area contributed by atoms with Crippen LogP contribution in [-0.2, 0) is 9.53 Å². The number of rotatable bonds is 6. The van der Waals surface area contributed by atoms with Crippen LogP contribution in [0.5, 0.6) is 23.0 Å². The van der Waals surface area contributed by atoms with Crippen LogP contribution in [0.25, 0.3) is 22.3 Å². The van der Waals surface area contributed by atoms with Crippen LogP contribution in [0, 0.1) is 0 Å². The van der Waals surface area contributed by atoms with Gasteiger partial charge in [0.2, 0.25) is 12.0 Å². The van der Waals surface area contributed by atoms with Gasteiger partial charge in [-0.2, -0.15) is 0 Å². The minimum atomic E-state index is -1.83. The molecule has 12 heteroatoms.